The van der Waals surface area contributed by atoms with Crippen molar-refractivity contribution in [1.82, 2.24) is 5.32 Å². The van der Waals surface area contributed by atoms with Crippen LogP contribution in [-0.4, -0.2) is 37.6 Å². The van der Waals surface area contributed by atoms with Gasteiger partial charge in [0.25, 0.3) is 11.8 Å². The van der Waals surface area contributed by atoms with E-state index in [-0.39, 0.29) is 24.5 Å². The number of nitrogens with zero attached hydrogens (tertiary/aromatic N) is 1. The maximum Gasteiger partial charge on any atom is 0.253 e. The SMILES string of the molecule is Cc1ccc(N2CC(CNC(=O)c3cccc(C)c3)OCC2=O)cc1. The minimum absolute atomic E-state index is 0.0266. The molecule has 1 aliphatic heterocycles. The molecule has 1 saturated heterocycles. The number of carbonyl (C=O) groups is 2. The first kappa shape index (κ1) is 17.2. The first-order valence-corrected chi connectivity index (χ1v) is 8.36. The molecular weight excluding hydrogens is 316 g/mol. The van der Waals surface area contributed by atoms with E-state index in [9.17, 15) is 9.59 Å². The molecule has 25 heavy (non-hydrogen) atoms. The van der Waals surface area contributed by atoms with Crippen LogP contribution < -0.4 is 10.2 Å². The molecule has 0 aromatic heterocycles. The smallest absolute Gasteiger partial charge is 0.253 e. The van der Waals surface area contributed by atoms with Gasteiger partial charge in [-0.15, -0.1) is 0 Å². The number of amides is 2. The van der Waals surface area contributed by atoms with Crippen molar-refractivity contribution in [2.24, 2.45) is 0 Å². The fourth-order valence-electron chi connectivity index (χ4n) is 2.82. The third-order valence-electron chi connectivity index (χ3n) is 4.25. The molecule has 1 fully saturated rings. The Morgan fingerprint density at radius 2 is 1.92 bits per heavy atom. The van der Waals surface area contributed by atoms with Crippen LogP contribution in [0.3, 0.4) is 0 Å². The molecule has 0 radical (unpaired) electrons. The molecule has 5 heteroatoms. The Hall–Kier alpha value is -2.66. The molecule has 2 aromatic carbocycles. The third-order valence-corrected chi connectivity index (χ3v) is 4.25. The van der Waals surface area contributed by atoms with Crippen molar-refractivity contribution in [2.45, 2.75) is 20.0 Å². The van der Waals surface area contributed by atoms with E-state index in [1.807, 2.05) is 56.3 Å². The zero-order valence-electron chi connectivity index (χ0n) is 14.5. The quantitative estimate of drug-likeness (QED) is 0.932. The fraction of sp³-hybridized carbons (Fsp3) is 0.300. The number of anilines is 1. The fourth-order valence-corrected chi connectivity index (χ4v) is 2.82. The van der Waals surface area contributed by atoms with Gasteiger partial charge >= 0.3 is 0 Å². The van der Waals surface area contributed by atoms with Crippen molar-refractivity contribution in [1.29, 1.82) is 0 Å². The molecule has 0 spiro atoms. The molecule has 0 saturated carbocycles. The van der Waals surface area contributed by atoms with Crippen molar-refractivity contribution >= 4 is 17.5 Å². The Labute approximate surface area is 147 Å². The normalized spacial score (nSPS) is 17.4. The van der Waals surface area contributed by atoms with E-state index < -0.39 is 0 Å². The number of hydrogen-bond donors (Lipinski definition) is 1. The number of hydrogen-bond acceptors (Lipinski definition) is 3. The van der Waals surface area contributed by atoms with E-state index in [0.717, 1.165) is 16.8 Å². The number of carbonyl (C=O) groups excluding carboxylic acids is 2. The van der Waals surface area contributed by atoms with Gasteiger partial charge in [-0.25, -0.2) is 0 Å². The highest BCUT2D eigenvalue weighted by Gasteiger charge is 2.27. The van der Waals surface area contributed by atoms with Crippen LogP contribution in [-0.2, 0) is 9.53 Å². The van der Waals surface area contributed by atoms with E-state index >= 15 is 0 Å². The van der Waals surface area contributed by atoms with Crippen molar-refractivity contribution in [2.75, 3.05) is 24.6 Å². The van der Waals surface area contributed by atoms with Gasteiger partial charge in [0.15, 0.2) is 0 Å². The summed E-state index contributed by atoms with van der Waals surface area (Å²) >= 11 is 0. The highest BCUT2D eigenvalue weighted by Crippen LogP contribution is 2.19. The summed E-state index contributed by atoms with van der Waals surface area (Å²) in [6.07, 6.45) is -0.229. The zero-order chi connectivity index (χ0) is 17.8. The summed E-state index contributed by atoms with van der Waals surface area (Å²) in [5.74, 6) is -0.198. The summed E-state index contributed by atoms with van der Waals surface area (Å²) in [6.45, 7) is 4.78. The van der Waals surface area contributed by atoms with Crippen molar-refractivity contribution in [3.63, 3.8) is 0 Å². The molecule has 130 valence electrons. The molecule has 5 nitrogen and oxygen atoms in total. The Morgan fingerprint density at radius 3 is 2.64 bits per heavy atom. The number of morpholine rings is 1. The van der Waals surface area contributed by atoms with Gasteiger partial charge in [0.05, 0.1) is 12.6 Å². The van der Waals surface area contributed by atoms with Gasteiger partial charge in [-0.2, -0.15) is 0 Å². The van der Waals surface area contributed by atoms with Gasteiger partial charge < -0.3 is 15.0 Å². The van der Waals surface area contributed by atoms with Crippen LogP contribution in [0.2, 0.25) is 0 Å². The topological polar surface area (TPSA) is 58.6 Å². The molecule has 0 aliphatic carbocycles. The van der Waals surface area contributed by atoms with E-state index in [1.54, 1.807) is 11.0 Å². The van der Waals surface area contributed by atoms with Gasteiger partial charge in [-0.1, -0.05) is 35.4 Å². The molecule has 1 atom stereocenters. The molecule has 1 aliphatic rings. The second kappa shape index (κ2) is 7.49. The van der Waals surface area contributed by atoms with Crippen LogP contribution in [0.25, 0.3) is 0 Å². The number of benzene rings is 2. The third kappa shape index (κ3) is 4.25. The van der Waals surface area contributed by atoms with Crippen LogP contribution in [0.1, 0.15) is 21.5 Å². The summed E-state index contributed by atoms with van der Waals surface area (Å²) in [5.41, 5.74) is 3.67. The Kier molecular flexibility index (Phi) is 5.14. The average Bonchev–Trinajstić information content (AvgIpc) is 2.61. The first-order chi connectivity index (χ1) is 12.0. The molecule has 1 heterocycles. The molecule has 0 bridgehead atoms. The van der Waals surface area contributed by atoms with Crippen LogP contribution in [0.15, 0.2) is 48.5 Å². The van der Waals surface area contributed by atoms with E-state index in [2.05, 4.69) is 5.32 Å². The number of ether oxygens (including phenoxy) is 1. The summed E-state index contributed by atoms with van der Waals surface area (Å²) < 4.78 is 5.57. The largest absolute Gasteiger partial charge is 0.365 e. The molecular formula is C20H22N2O3. The van der Waals surface area contributed by atoms with E-state index in [1.165, 1.54) is 0 Å². The molecule has 2 amide bonds. The van der Waals surface area contributed by atoms with Crippen LogP contribution in [0, 0.1) is 13.8 Å². The van der Waals surface area contributed by atoms with Gasteiger partial charge in [-0.3, -0.25) is 9.59 Å². The van der Waals surface area contributed by atoms with Crippen molar-refractivity contribution in [3.05, 3.63) is 65.2 Å². The summed E-state index contributed by atoms with van der Waals surface area (Å²) in [5, 5.41) is 2.89. The number of nitrogens with one attached hydrogen (secondary N) is 1. The van der Waals surface area contributed by atoms with Gasteiger partial charge in [0, 0.05) is 17.8 Å². The van der Waals surface area contributed by atoms with E-state index in [0.29, 0.717) is 18.7 Å². The number of aryl methyl sites for hydroxylation is 2. The zero-order valence-corrected chi connectivity index (χ0v) is 14.5. The second-order valence-corrected chi connectivity index (χ2v) is 6.35. The molecule has 3 rings (SSSR count). The molecule has 1 unspecified atom stereocenters. The minimum Gasteiger partial charge on any atom is -0.365 e. The van der Waals surface area contributed by atoms with E-state index in [4.69, 9.17) is 4.74 Å². The second-order valence-electron chi connectivity index (χ2n) is 6.35. The lowest BCUT2D eigenvalue weighted by Crippen LogP contribution is -2.50. The summed E-state index contributed by atoms with van der Waals surface area (Å²) in [4.78, 5) is 26.1. The highest BCUT2D eigenvalue weighted by molar-refractivity contribution is 5.95. The summed E-state index contributed by atoms with van der Waals surface area (Å²) in [6, 6.07) is 15.3. The lowest BCUT2D eigenvalue weighted by Gasteiger charge is -2.33. The Morgan fingerprint density at radius 1 is 1.16 bits per heavy atom. The standard InChI is InChI=1S/C20H22N2O3/c1-14-6-8-17(9-7-14)22-12-18(25-13-19(22)23)11-21-20(24)16-5-3-4-15(2)10-16/h3-10,18H,11-13H2,1-2H3,(H,21,24). The minimum atomic E-state index is -0.229. The van der Waals surface area contributed by atoms with Crippen LogP contribution in [0.5, 0.6) is 0 Å². The van der Waals surface area contributed by atoms with Crippen molar-refractivity contribution < 1.29 is 14.3 Å². The predicted octanol–water partition coefficient (Wildman–Crippen LogP) is 2.47. The van der Waals surface area contributed by atoms with Crippen LogP contribution >= 0.6 is 0 Å². The van der Waals surface area contributed by atoms with Gasteiger partial charge in [0.2, 0.25) is 0 Å². The van der Waals surface area contributed by atoms with Crippen LogP contribution in [0.4, 0.5) is 5.69 Å². The first-order valence-electron chi connectivity index (χ1n) is 8.36. The maximum atomic E-state index is 12.2. The maximum absolute atomic E-state index is 12.2. The Bertz CT molecular complexity index is 771. The van der Waals surface area contributed by atoms with Gasteiger partial charge in [0.1, 0.15) is 6.61 Å². The molecule has 1 N–H and O–H groups in total. The Balaban J connectivity index is 1.61. The monoisotopic (exact) mass is 338 g/mol. The average molecular weight is 338 g/mol. The highest BCUT2D eigenvalue weighted by atomic mass is 16.5. The molecule has 2 aromatic rings. The lowest BCUT2D eigenvalue weighted by molar-refractivity contribution is -0.129. The number of rotatable bonds is 4. The van der Waals surface area contributed by atoms with Crippen molar-refractivity contribution in [3.8, 4) is 0 Å². The predicted molar refractivity (Wildman–Crippen MR) is 96.8 cm³/mol. The lowest BCUT2D eigenvalue weighted by atomic mass is 10.1. The summed E-state index contributed by atoms with van der Waals surface area (Å²) in [7, 11) is 0. The van der Waals surface area contributed by atoms with Gasteiger partial charge in [-0.05, 0) is 38.1 Å².